The van der Waals surface area contributed by atoms with Crippen molar-refractivity contribution in [3.63, 3.8) is 0 Å². The van der Waals surface area contributed by atoms with Crippen molar-refractivity contribution in [2.45, 2.75) is 26.8 Å². The molecule has 2 heterocycles. The summed E-state index contributed by atoms with van der Waals surface area (Å²) < 4.78 is 32.9. The molecule has 2 rings (SSSR count). The molecular weight excluding hydrogens is 336 g/mol. The molecule has 2 N–H and O–H groups in total. The second kappa shape index (κ2) is 6.61. The number of amides is 1. The monoisotopic (exact) mass is 356 g/mol. The molecule has 0 bridgehead atoms. The van der Waals surface area contributed by atoms with Crippen LogP contribution in [-0.4, -0.2) is 47.5 Å². The standard InChI is InChI=1S/C13H20N6O4S/c1-8(2)19-6-9(3)11(16-19)15-13-14-10(7-23-13)12(20)17-24(21,22)18(4)5/h6-8H,1-5H3,(H,17,20)(H,14,15,16). The average molecular weight is 356 g/mol. The predicted molar refractivity (Wildman–Crippen MR) is 87.2 cm³/mol. The van der Waals surface area contributed by atoms with Gasteiger partial charge in [-0.3, -0.25) is 14.8 Å². The van der Waals surface area contributed by atoms with Gasteiger partial charge in [0.25, 0.3) is 5.91 Å². The van der Waals surface area contributed by atoms with E-state index < -0.39 is 16.1 Å². The summed E-state index contributed by atoms with van der Waals surface area (Å²) in [5.41, 5.74) is 0.715. The molecule has 0 unspecified atom stereocenters. The molecule has 132 valence electrons. The lowest BCUT2D eigenvalue weighted by Crippen LogP contribution is -2.39. The Labute approximate surface area is 140 Å². The summed E-state index contributed by atoms with van der Waals surface area (Å²) in [6.45, 7) is 5.86. The van der Waals surface area contributed by atoms with Gasteiger partial charge in [-0.05, 0) is 20.8 Å². The number of carbonyl (C=O) groups is 1. The molecular formula is C13H20N6O4S. The lowest BCUT2D eigenvalue weighted by Gasteiger charge is -2.10. The number of aryl methyl sites for hydroxylation is 1. The molecule has 0 saturated heterocycles. The lowest BCUT2D eigenvalue weighted by molar-refractivity contribution is 0.0975. The fraction of sp³-hybridized carbons (Fsp3) is 0.462. The summed E-state index contributed by atoms with van der Waals surface area (Å²) in [4.78, 5) is 15.8. The van der Waals surface area contributed by atoms with Gasteiger partial charge in [0.1, 0.15) is 6.26 Å². The largest absolute Gasteiger partial charge is 0.431 e. The highest BCUT2D eigenvalue weighted by Gasteiger charge is 2.21. The third-order valence-electron chi connectivity index (χ3n) is 3.11. The van der Waals surface area contributed by atoms with Gasteiger partial charge in [0.15, 0.2) is 11.5 Å². The van der Waals surface area contributed by atoms with Crippen molar-refractivity contribution in [2.75, 3.05) is 19.4 Å². The molecule has 0 atom stereocenters. The van der Waals surface area contributed by atoms with Crippen molar-refractivity contribution >= 4 is 27.9 Å². The maximum atomic E-state index is 11.9. The summed E-state index contributed by atoms with van der Waals surface area (Å²) >= 11 is 0. The van der Waals surface area contributed by atoms with Crippen LogP contribution in [0.25, 0.3) is 0 Å². The highest BCUT2D eigenvalue weighted by molar-refractivity contribution is 7.87. The molecule has 0 saturated carbocycles. The van der Waals surface area contributed by atoms with Gasteiger partial charge in [-0.2, -0.15) is 22.8 Å². The molecule has 11 heteroatoms. The maximum absolute atomic E-state index is 11.9. The molecule has 10 nitrogen and oxygen atoms in total. The second-order valence-corrected chi connectivity index (χ2v) is 7.50. The summed E-state index contributed by atoms with van der Waals surface area (Å²) in [7, 11) is -1.28. The zero-order chi connectivity index (χ0) is 18.1. The van der Waals surface area contributed by atoms with Crippen molar-refractivity contribution < 1.29 is 17.6 Å². The first-order chi connectivity index (χ1) is 11.1. The Kier molecular flexibility index (Phi) is 4.94. The Hall–Kier alpha value is -2.40. The Morgan fingerprint density at radius 2 is 2.04 bits per heavy atom. The summed E-state index contributed by atoms with van der Waals surface area (Å²) in [5.74, 6) is -0.344. The van der Waals surface area contributed by atoms with Gasteiger partial charge in [0, 0.05) is 31.9 Å². The van der Waals surface area contributed by atoms with Gasteiger partial charge in [-0.1, -0.05) is 0 Å². The molecule has 0 fully saturated rings. The molecule has 0 aromatic carbocycles. The van der Waals surface area contributed by atoms with Crippen LogP contribution in [0.5, 0.6) is 0 Å². The number of oxazole rings is 1. The van der Waals surface area contributed by atoms with E-state index in [0.29, 0.717) is 5.82 Å². The van der Waals surface area contributed by atoms with Crippen molar-refractivity contribution in [1.29, 1.82) is 0 Å². The molecule has 0 aliphatic rings. The Bertz CT molecular complexity index is 837. The van der Waals surface area contributed by atoms with E-state index in [1.54, 1.807) is 4.68 Å². The highest BCUT2D eigenvalue weighted by atomic mass is 32.2. The van der Waals surface area contributed by atoms with Gasteiger partial charge >= 0.3 is 16.2 Å². The van der Waals surface area contributed by atoms with E-state index in [4.69, 9.17) is 4.42 Å². The first kappa shape index (κ1) is 17.9. The molecule has 0 aliphatic carbocycles. The molecule has 2 aromatic rings. The van der Waals surface area contributed by atoms with Crippen LogP contribution in [0.3, 0.4) is 0 Å². The van der Waals surface area contributed by atoms with E-state index in [1.807, 2.05) is 31.7 Å². The lowest BCUT2D eigenvalue weighted by atomic mass is 10.3. The number of aromatic nitrogens is 3. The summed E-state index contributed by atoms with van der Waals surface area (Å²) in [5, 5.41) is 7.20. The van der Waals surface area contributed by atoms with Crippen molar-refractivity contribution in [3.05, 3.63) is 23.7 Å². The van der Waals surface area contributed by atoms with Gasteiger partial charge < -0.3 is 4.42 Å². The molecule has 1 amide bonds. The average Bonchev–Trinajstić information content (AvgIpc) is 3.06. The molecule has 0 radical (unpaired) electrons. The highest BCUT2D eigenvalue weighted by Crippen LogP contribution is 2.20. The van der Waals surface area contributed by atoms with E-state index in [1.165, 1.54) is 14.1 Å². The van der Waals surface area contributed by atoms with E-state index >= 15 is 0 Å². The van der Waals surface area contributed by atoms with Crippen LogP contribution in [0.4, 0.5) is 11.8 Å². The molecule has 24 heavy (non-hydrogen) atoms. The number of carbonyl (C=O) groups excluding carboxylic acids is 1. The SMILES string of the molecule is Cc1cn(C(C)C)nc1Nc1nc(C(=O)NS(=O)(=O)N(C)C)co1. The first-order valence-corrected chi connectivity index (χ1v) is 8.57. The number of hydrogen-bond donors (Lipinski definition) is 2. The van der Waals surface area contributed by atoms with Gasteiger partial charge in [-0.15, -0.1) is 0 Å². The number of nitrogens with zero attached hydrogens (tertiary/aromatic N) is 4. The van der Waals surface area contributed by atoms with E-state index in [-0.39, 0.29) is 17.8 Å². The van der Waals surface area contributed by atoms with Crippen LogP contribution in [0.2, 0.25) is 0 Å². The zero-order valence-corrected chi connectivity index (χ0v) is 14.9. The van der Waals surface area contributed by atoms with E-state index in [9.17, 15) is 13.2 Å². The summed E-state index contributed by atoms with van der Waals surface area (Å²) in [6.07, 6.45) is 2.94. The second-order valence-electron chi connectivity index (χ2n) is 5.62. The zero-order valence-electron chi connectivity index (χ0n) is 14.1. The molecule has 0 aliphatic heterocycles. The smallest absolute Gasteiger partial charge is 0.303 e. The van der Waals surface area contributed by atoms with Crippen LogP contribution >= 0.6 is 0 Å². The number of nitrogens with one attached hydrogen (secondary N) is 2. The Morgan fingerprint density at radius 1 is 1.38 bits per heavy atom. The van der Waals surface area contributed by atoms with Gasteiger partial charge in [-0.25, -0.2) is 4.72 Å². The topological polar surface area (TPSA) is 122 Å². The summed E-state index contributed by atoms with van der Waals surface area (Å²) in [6, 6.07) is 0.237. The molecule has 0 spiro atoms. The molecule has 2 aromatic heterocycles. The van der Waals surface area contributed by atoms with Gasteiger partial charge in [0.2, 0.25) is 0 Å². The number of rotatable bonds is 6. The van der Waals surface area contributed by atoms with Crippen molar-refractivity contribution in [3.8, 4) is 0 Å². The third-order valence-corrected chi connectivity index (χ3v) is 4.51. The normalized spacial score (nSPS) is 12.0. The third kappa shape index (κ3) is 3.92. The van der Waals surface area contributed by atoms with Crippen LogP contribution in [0.15, 0.2) is 16.9 Å². The minimum atomic E-state index is -3.89. The number of anilines is 2. The van der Waals surface area contributed by atoms with E-state index in [2.05, 4.69) is 15.4 Å². The van der Waals surface area contributed by atoms with Gasteiger partial charge in [0.05, 0.1) is 0 Å². The first-order valence-electron chi connectivity index (χ1n) is 7.13. The van der Waals surface area contributed by atoms with Crippen molar-refractivity contribution in [2.24, 2.45) is 0 Å². The quantitative estimate of drug-likeness (QED) is 0.793. The van der Waals surface area contributed by atoms with E-state index in [0.717, 1.165) is 16.1 Å². The van der Waals surface area contributed by atoms with Crippen LogP contribution in [0.1, 0.15) is 35.9 Å². The van der Waals surface area contributed by atoms with Crippen LogP contribution in [-0.2, 0) is 10.2 Å². The minimum Gasteiger partial charge on any atom is -0.431 e. The minimum absolute atomic E-state index is 0.0412. The fourth-order valence-corrected chi connectivity index (χ4v) is 2.19. The van der Waals surface area contributed by atoms with Crippen LogP contribution < -0.4 is 10.0 Å². The maximum Gasteiger partial charge on any atom is 0.303 e. The fourth-order valence-electron chi connectivity index (χ4n) is 1.67. The Morgan fingerprint density at radius 3 is 2.58 bits per heavy atom. The Balaban J connectivity index is 2.12. The predicted octanol–water partition coefficient (Wildman–Crippen LogP) is 1.04. The van der Waals surface area contributed by atoms with Crippen LogP contribution in [0, 0.1) is 6.92 Å². The number of hydrogen-bond acceptors (Lipinski definition) is 7. The van der Waals surface area contributed by atoms with Crippen molar-refractivity contribution in [1.82, 2.24) is 23.8 Å².